The number of hydrogen-bond acceptors (Lipinski definition) is 4. The lowest BCUT2D eigenvalue weighted by Crippen LogP contribution is -2.26. The van der Waals surface area contributed by atoms with Crippen LogP contribution in [0.1, 0.15) is 21.6 Å². The maximum absolute atomic E-state index is 13.0. The normalized spacial score (nSPS) is 12.3. The van der Waals surface area contributed by atoms with Gasteiger partial charge in [-0.15, -0.1) is 0 Å². The second kappa shape index (κ2) is 6.96. The van der Waals surface area contributed by atoms with Crippen molar-refractivity contribution in [3.63, 3.8) is 0 Å². The molecule has 0 bridgehead atoms. The van der Waals surface area contributed by atoms with E-state index in [0.29, 0.717) is 28.7 Å². The number of carbonyl (C=O) groups excluding carboxylic acids is 1. The summed E-state index contributed by atoms with van der Waals surface area (Å²) >= 11 is 6.50. The first-order chi connectivity index (χ1) is 13.0. The van der Waals surface area contributed by atoms with Crippen molar-refractivity contribution < 1.29 is 14.3 Å². The van der Waals surface area contributed by atoms with Gasteiger partial charge in [-0.3, -0.25) is 4.79 Å². The fraction of sp³-hybridized carbons (Fsp3) is 0.200. The van der Waals surface area contributed by atoms with Crippen molar-refractivity contribution in [2.45, 2.75) is 13.5 Å². The minimum atomic E-state index is -0.183. The zero-order valence-electron chi connectivity index (χ0n) is 15.0. The van der Waals surface area contributed by atoms with Crippen LogP contribution in [0, 0.1) is 6.92 Å². The molecule has 0 unspecified atom stereocenters. The number of ether oxygens (including phenoxy) is 2. The lowest BCUT2D eigenvalue weighted by molar-refractivity contribution is 0.0784. The largest absolute Gasteiger partial charge is 0.454 e. The van der Waals surface area contributed by atoms with Gasteiger partial charge in [0.05, 0.1) is 16.9 Å². The standard InChI is InChI=1S/C20H18ClN3O3/c1-13-18(19(21)24(22-13)15-6-4-3-5-7-15)20(25)23(2)11-14-8-9-16-17(10-14)27-12-26-16/h3-10H,11-12H2,1-2H3. The van der Waals surface area contributed by atoms with Crippen LogP contribution in [0.15, 0.2) is 48.5 Å². The maximum Gasteiger partial charge on any atom is 0.258 e. The molecule has 0 saturated carbocycles. The summed E-state index contributed by atoms with van der Waals surface area (Å²) in [6.45, 7) is 2.43. The molecule has 0 fully saturated rings. The van der Waals surface area contributed by atoms with E-state index in [0.717, 1.165) is 17.0 Å². The predicted octanol–water partition coefficient (Wildman–Crippen LogP) is 3.84. The van der Waals surface area contributed by atoms with Gasteiger partial charge in [0.1, 0.15) is 5.15 Å². The van der Waals surface area contributed by atoms with Gasteiger partial charge >= 0.3 is 0 Å². The molecule has 1 amide bonds. The molecule has 3 aromatic rings. The molecule has 27 heavy (non-hydrogen) atoms. The zero-order valence-corrected chi connectivity index (χ0v) is 15.7. The Morgan fingerprint density at radius 3 is 2.70 bits per heavy atom. The summed E-state index contributed by atoms with van der Waals surface area (Å²) in [5, 5.41) is 4.75. The number of para-hydroxylation sites is 1. The number of hydrogen-bond donors (Lipinski definition) is 0. The molecule has 4 rings (SSSR count). The topological polar surface area (TPSA) is 56.6 Å². The Bertz CT molecular complexity index is 1000. The Morgan fingerprint density at radius 2 is 1.93 bits per heavy atom. The van der Waals surface area contributed by atoms with Crippen molar-refractivity contribution in [1.29, 1.82) is 0 Å². The van der Waals surface area contributed by atoms with Crippen LogP contribution < -0.4 is 9.47 Å². The van der Waals surface area contributed by atoms with E-state index in [-0.39, 0.29) is 12.7 Å². The number of benzene rings is 2. The number of aromatic nitrogens is 2. The smallest absolute Gasteiger partial charge is 0.258 e. The van der Waals surface area contributed by atoms with Gasteiger partial charge in [0.15, 0.2) is 11.5 Å². The van der Waals surface area contributed by atoms with Gasteiger partial charge in [0.2, 0.25) is 6.79 Å². The quantitative estimate of drug-likeness (QED) is 0.687. The molecule has 0 N–H and O–H groups in total. The molecule has 0 spiro atoms. The number of rotatable bonds is 4. The molecule has 7 heteroatoms. The molecular formula is C20H18ClN3O3. The Labute approximate surface area is 161 Å². The Balaban J connectivity index is 1.58. The summed E-state index contributed by atoms with van der Waals surface area (Å²) in [7, 11) is 1.74. The summed E-state index contributed by atoms with van der Waals surface area (Å²) in [5.74, 6) is 1.23. The maximum atomic E-state index is 13.0. The number of carbonyl (C=O) groups is 1. The minimum Gasteiger partial charge on any atom is -0.454 e. The summed E-state index contributed by atoms with van der Waals surface area (Å²) in [4.78, 5) is 14.6. The molecule has 1 aliphatic heterocycles. The van der Waals surface area contributed by atoms with Gasteiger partial charge in [-0.2, -0.15) is 5.10 Å². The van der Waals surface area contributed by atoms with Gasteiger partial charge in [-0.25, -0.2) is 4.68 Å². The fourth-order valence-corrected chi connectivity index (χ4v) is 3.41. The van der Waals surface area contributed by atoms with Gasteiger partial charge in [-0.1, -0.05) is 35.9 Å². The van der Waals surface area contributed by atoms with Crippen molar-refractivity contribution >= 4 is 17.5 Å². The molecule has 0 saturated heterocycles. The average molecular weight is 384 g/mol. The van der Waals surface area contributed by atoms with Crippen molar-refractivity contribution in [2.75, 3.05) is 13.8 Å². The SMILES string of the molecule is Cc1nn(-c2ccccc2)c(Cl)c1C(=O)N(C)Cc1ccc2c(c1)OCO2. The van der Waals surface area contributed by atoms with E-state index in [1.807, 2.05) is 48.5 Å². The summed E-state index contributed by atoms with van der Waals surface area (Å²) in [5.41, 5.74) is 2.75. The third-order valence-corrected chi connectivity index (χ3v) is 4.77. The summed E-state index contributed by atoms with van der Waals surface area (Å²) in [6, 6.07) is 15.1. The van der Waals surface area contributed by atoms with E-state index >= 15 is 0 Å². The van der Waals surface area contributed by atoms with E-state index < -0.39 is 0 Å². The van der Waals surface area contributed by atoms with Crippen LogP contribution in [-0.2, 0) is 6.54 Å². The molecular weight excluding hydrogens is 366 g/mol. The number of amides is 1. The number of nitrogens with zero attached hydrogens (tertiary/aromatic N) is 3. The number of halogens is 1. The monoisotopic (exact) mass is 383 g/mol. The zero-order chi connectivity index (χ0) is 19.0. The Morgan fingerprint density at radius 1 is 1.19 bits per heavy atom. The Kier molecular flexibility index (Phi) is 4.49. The van der Waals surface area contributed by atoms with Crippen LogP contribution in [0.25, 0.3) is 5.69 Å². The molecule has 6 nitrogen and oxygen atoms in total. The van der Waals surface area contributed by atoms with Crippen LogP contribution in [0.4, 0.5) is 0 Å². The van der Waals surface area contributed by atoms with Crippen LogP contribution in [-0.4, -0.2) is 34.4 Å². The first-order valence-corrected chi connectivity index (χ1v) is 8.87. The van der Waals surface area contributed by atoms with E-state index in [1.54, 1.807) is 23.6 Å². The third kappa shape index (κ3) is 3.24. The molecule has 1 aromatic heterocycles. The fourth-order valence-electron chi connectivity index (χ4n) is 3.06. The van der Waals surface area contributed by atoms with Crippen molar-refractivity contribution in [3.05, 3.63) is 70.5 Å². The van der Waals surface area contributed by atoms with E-state index in [1.165, 1.54) is 0 Å². The van der Waals surface area contributed by atoms with Crippen LogP contribution in [0.5, 0.6) is 11.5 Å². The molecule has 2 heterocycles. The van der Waals surface area contributed by atoms with Crippen molar-refractivity contribution in [2.24, 2.45) is 0 Å². The molecule has 0 aliphatic carbocycles. The average Bonchev–Trinajstić information content (AvgIpc) is 3.25. The number of fused-ring (bicyclic) bond motifs is 1. The highest BCUT2D eigenvalue weighted by molar-refractivity contribution is 6.33. The first kappa shape index (κ1) is 17.4. The van der Waals surface area contributed by atoms with Gasteiger partial charge in [0.25, 0.3) is 5.91 Å². The van der Waals surface area contributed by atoms with Crippen molar-refractivity contribution in [1.82, 2.24) is 14.7 Å². The predicted molar refractivity (Wildman–Crippen MR) is 102 cm³/mol. The number of aryl methyl sites for hydroxylation is 1. The van der Waals surface area contributed by atoms with Crippen molar-refractivity contribution in [3.8, 4) is 17.2 Å². The van der Waals surface area contributed by atoms with Gasteiger partial charge in [-0.05, 0) is 36.8 Å². The molecule has 0 atom stereocenters. The minimum absolute atomic E-state index is 0.183. The lowest BCUT2D eigenvalue weighted by Gasteiger charge is -2.17. The van der Waals surface area contributed by atoms with Gasteiger partial charge in [0, 0.05) is 13.6 Å². The molecule has 0 radical (unpaired) electrons. The Hall–Kier alpha value is -2.99. The first-order valence-electron chi connectivity index (χ1n) is 8.49. The second-order valence-corrected chi connectivity index (χ2v) is 6.71. The third-order valence-electron chi connectivity index (χ3n) is 4.42. The van der Waals surface area contributed by atoms with Gasteiger partial charge < -0.3 is 14.4 Å². The van der Waals surface area contributed by atoms with Crippen LogP contribution in [0.2, 0.25) is 5.15 Å². The summed E-state index contributed by atoms with van der Waals surface area (Å²) < 4.78 is 12.3. The summed E-state index contributed by atoms with van der Waals surface area (Å²) in [6.07, 6.45) is 0. The molecule has 1 aliphatic rings. The molecule has 2 aromatic carbocycles. The van der Waals surface area contributed by atoms with Crippen LogP contribution >= 0.6 is 11.6 Å². The highest BCUT2D eigenvalue weighted by Crippen LogP contribution is 2.33. The van der Waals surface area contributed by atoms with Crippen LogP contribution in [0.3, 0.4) is 0 Å². The lowest BCUT2D eigenvalue weighted by atomic mass is 10.1. The van der Waals surface area contributed by atoms with E-state index in [2.05, 4.69) is 5.10 Å². The molecule has 138 valence electrons. The second-order valence-electron chi connectivity index (χ2n) is 6.35. The van der Waals surface area contributed by atoms with E-state index in [9.17, 15) is 4.79 Å². The highest BCUT2D eigenvalue weighted by atomic mass is 35.5. The highest BCUT2D eigenvalue weighted by Gasteiger charge is 2.24. The van der Waals surface area contributed by atoms with E-state index in [4.69, 9.17) is 21.1 Å².